The monoisotopic (exact) mass is 409 g/mol. The Bertz CT molecular complexity index is 894. The summed E-state index contributed by atoms with van der Waals surface area (Å²) in [5.41, 5.74) is 2.34. The third-order valence-electron chi connectivity index (χ3n) is 5.22. The van der Waals surface area contributed by atoms with Crippen molar-refractivity contribution < 1.29 is 23.9 Å². The number of hydrogen-bond donors (Lipinski definition) is 1. The Hall–Kier alpha value is -3.39. The Morgan fingerprint density at radius 2 is 1.70 bits per heavy atom. The number of nitrogens with one attached hydrogen (secondary N) is 1. The molecule has 3 amide bonds. The van der Waals surface area contributed by atoms with Gasteiger partial charge in [0.05, 0.1) is 25.8 Å². The lowest BCUT2D eigenvalue weighted by atomic mass is 10.1. The number of anilines is 1. The molecule has 2 fully saturated rings. The Labute approximate surface area is 174 Å². The summed E-state index contributed by atoms with van der Waals surface area (Å²) in [7, 11) is 0. The average Bonchev–Trinajstić information content (AvgIpc) is 3.12. The average molecular weight is 409 g/mol. The van der Waals surface area contributed by atoms with E-state index in [9.17, 15) is 14.4 Å². The Kier molecular flexibility index (Phi) is 5.94. The van der Waals surface area contributed by atoms with Crippen molar-refractivity contribution in [2.75, 3.05) is 44.4 Å². The molecule has 0 spiro atoms. The number of carbonyl (C=O) groups is 3. The number of hydrogen-bond acceptors (Lipinski definition) is 6. The second-order valence-electron chi connectivity index (χ2n) is 7.14. The predicted octanol–water partition coefficient (Wildman–Crippen LogP) is 1.97. The van der Waals surface area contributed by atoms with E-state index < -0.39 is 18.0 Å². The molecule has 2 aromatic rings. The summed E-state index contributed by atoms with van der Waals surface area (Å²) < 4.78 is 10.2. The van der Waals surface area contributed by atoms with Gasteiger partial charge in [0.2, 0.25) is 0 Å². The van der Waals surface area contributed by atoms with Gasteiger partial charge in [0.25, 0.3) is 11.8 Å². The maximum Gasteiger partial charge on any atom is 0.417 e. The van der Waals surface area contributed by atoms with Crippen molar-refractivity contribution in [2.24, 2.45) is 0 Å². The zero-order valence-corrected chi connectivity index (χ0v) is 16.5. The van der Waals surface area contributed by atoms with Crippen LogP contribution >= 0.6 is 0 Å². The molecule has 0 radical (unpaired) electrons. The minimum atomic E-state index is -0.690. The lowest BCUT2D eigenvalue weighted by Gasteiger charge is -2.29. The van der Waals surface area contributed by atoms with Crippen LogP contribution < -0.4 is 10.2 Å². The summed E-state index contributed by atoms with van der Waals surface area (Å²) in [6, 6.07) is 16.1. The summed E-state index contributed by atoms with van der Waals surface area (Å²) >= 11 is 0. The van der Waals surface area contributed by atoms with Gasteiger partial charge in [0.15, 0.2) is 6.61 Å². The molecule has 0 saturated carbocycles. The highest BCUT2D eigenvalue weighted by atomic mass is 16.6. The standard InChI is InChI=1S/C22H23N3O5/c26-20-15-30-22(28)25(20)14-19(16-4-2-1-3-5-16)23-21(27)17-6-8-18(9-7-17)24-10-12-29-13-11-24/h1-9,19H,10-15H2,(H,23,27). The van der Waals surface area contributed by atoms with Gasteiger partial charge in [-0.1, -0.05) is 30.3 Å². The van der Waals surface area contributed by atoms with Gasteiger partial charge in [-0.05, 0) is 29.8 Å². The van der Waals surface area contributed by atoms with Gasteiger partial charge in [0, 0.05) is 24.3 Å². The fraction of sp³-hybridized carbons (Fsp3) is 0.318. The summed E-state index contributed by atoms with van der Waals surface area (Å²) in [4.78, 5) is 39.9. The van der Waals surface area contributed by atoms with Gasteiger partial charge in [0.1, 0.15) is 0 Å². The van der Waals surface area contributed by atoms with E-state index in [1.807, 2.05) is 42.5 Å². The molecule has 2 saturated heterocycles. The fourth-order valence-corrected chi connectivity index (χ4v) is 3.55. The molecule has 2 aliphatic heterocycles. The van der Waals surface area contributed by atoms with Crippen LogP contribution in [-0.2, 0) is 14.3 Å². The number of morpholine rings is 1. The highest BCUT2D eigenvalue weighted by Gasteiger charge is 2.33. The van der Waals surface area contributed by atoms with Gasteiger partial charge >= 0.3 is 6.09 Å². The summed E-state index contributed by atoms with van der Waals surface area (Å²) in [5, 5.41) is 2.94. The molecule has 8 heteroatoms. The van der Waals surface area contributed by atoms with Crippen LogP contribution in [0.25, 0.3) is 0 Å². The van der Waals surface area contributed by atoms with Crippen molar-refractivity contribution in [1.82, 2.24) is 10.2 Å². The molecular formula is C22H23N3O5. The van der Waals surface area contributed by atoms with Gasteiger partial charge in [-0.2, -0.15) is 0 Å². The predicted molar refractivity (Wildman–Crippen MR) is 109 cm³/mol. The molecule has 8 nitrogen and oxygen atoms in total. The lowest BCUT2D eigenvalue weighted by molar-refractivity contribution is -0.126. The number of rotatable bonds is 6. The third kappa shape index (κ3) is 4.44. The molecule has 0 bridgehead atoms. The van der Waals surface area contributed by atoms with Gasteiger partial charge in [-0.3, -0.25) is 9.59 Å². The minimum absolute atomic E-state index is 0.0132. The summed E-state index contributed by atoms with van der Waals surface area (Å²) in [5.74, 6) is -0.692. The zero-order valence-electron chi connectivity index (χ0n) is 16.5. The number of ether oxygens (including phenoxy) is 2. The number of nitrogens with zero attached hydrogens (tertiary/aromatic N) is 2. The maximum atomic E-state index is 12.9. The van der Waals surface area contributed by atoms with Gasteiger partial charge in [-0.15, -0.1) is 0 Å². The van der Waals surface area contributed by atoms with Crippen LogP contribution in [0.5, 0.6) is 0 Å². The first-order chi connectivity index (χ1) is 14.6. The second-order valence-corrected chi connectivity index (χ2v) is 7.14. The van der Waals surface area contributed by atoms with Gasteiger partial charge in [-0.25, -0.2) is 9.69 Å². The van der Waals surface area contributed by atoms with E-state index >= 15 is 0 Å². The zero-order chi connectivity index (χ0) is 20.9. The van der Waals surface area contributed by atoms with Crippen LogP contribution in [0.2, 0.25) is 0 Å². The van der Waals surface area contributed by atoms with Crippen LogP contribution in [-0.4, -0.2) is 62.3 Å². The number of amides is 3. The molecule has 30 heavy (non-hydrogen) atoms. The first kappa shape index (κ1) is 19.9. The van der Waals surface area contributed by atoms with Crippen molar-refractivity contribution in [2.45, 2.75) is 6.04 Å². The molecule has 2 heterocycles. The molecule has 1 atom stereocenters. The Morgan fingerprint density at radius 1 is 1.00 bits per heavy atom. The second kappa shape index (κ2) is 8.96. The van der Waals surface area contributed by atoms with Crippen LogP contribution in [0.15, 0.2) is 54.6 Å². The molecular weight excluding hydrogens is 386 g/mol. The lowest BCUT2D eigenvalue weighted by Crippen LogP contribution is -2.40. The summed E-state index contributed by atoms with van der Waals surface area (Å²) in [6.07, 6.45) is -0.690. The quantitative estimate of drug-likeness (QED) is 0.785. The number of carbonyl (C=O) groups excluding carboxylic acids is 3. The van der Waals surface area contributed by atoms with Crippen LogP contribution in [0.3, 0.4) is 0 Å². The molecule has 2 aliphatic rings. The van der Waals surface area contributed by atoms with Crippen molar-refractivity contribution in [3.05, 3.63) is 65.7 Å². The minimum Gasteiger partial charge on any atom is -0.439 e. The molecule has 2 aromatic carbocycles. The molecule has 1 N–H and O–H groups in total. The maximum absolute atomic E-state index is 12.9. The van der Waals surface area contributed by atoms with E-state index in [2.05, 4.69) is 10.2 Å². The SMILES string of the molecule is O=C(NC(CN1C(=O)COC1=O)c1ccccc1)c1ccc(N2CCOCC2)cc1. The van der Waals surface area contributed by atoms with Crippen molar-refractivity contribution in [3.8, 4) is 0 Å². The highest BCUT2D eigenvalue weighted by Crippen LogP contribution is 2.20. The molecule has 0 aliphatic carbocycles. The first-order valence-electron chi connectivity index (χ1n) is 9.87. The number of cyclic esters (lactones) is 1. The largest absolute Gasteiger partial charge is 0.439 e. The van der Waals surface area contributed by atoms with Crippen LogP contribution in [0.4, 0.5) is 10.5 Å². The van der Waals surface area contributed by atoms with Crippen LogP contribution in [0, 0.1) is 0 Å². The van der Waals surface area contributed by atoms with E-state index in [-0.39, 0.29) is 19.1 Å². The third-order valence-corrected chi connectivity index (χ3v) is 5.22. The van der Waals surface area contributed by atoms with Crippen LogP contribution in [0.1, 0.15) is 22.0 Å². The molecule has 4 rings (SSSR count). The van der Waals surface area contributed by atoms with E-state index in [0.717, 1.165) is 29.2 Å². The number of imide groups is 1. The molecule has 0 aromatic heterocycles. The highest BCUT2D eigenvalue weighted by molar-refractivity contribution is 5.98. The van der Waals surface area contributed by atoms with E-state index in [1.54, 1.807) is 12.1 Å². The van der Waals surface area contributed by atoms with E-state index in [0.29, 0.717) is 18.8 Å². The van der Waals surface area contributed by atoms with Gasteiger partial charge < -0.3 is 19.7 Å². The van der Waals surface area contributed by atoms with Crippen molar-refractivity contribution in [3.63, 3.8) is 0 Å². The normalized spacial score (nSPS) is 17.6. The first-order valence-corrected chi connectivity index (χ1v) is 9.87. The summed E-state index contributed by atoms with van der Waals surface area (Å²) in [6.45, 7) is 2.77. The Balaban J connectivity index is 1.48. The fourth-order valence-electron chi connectivity index (χ4n) is 3.55. The Morgan fingerprint density at radius 3 is 2.33 bits per heavy atom. The van der Waals surface area contributed by atoms with Crippen molar-refractivity contribution >= 4 is 23.6 Å². The number of benzene rings is 2. The topological polar surface area (TPSA) is 88.2 Å². The van der Waals surface area contributed by atoms with E-state index in [1.165, 1.54) is 0 Å². The smallest absolute Gasteiger partial charge is 0.417 e. The van der Waals surface area contributed by atoms with E-state index in [4.69, 9.17) is 9.47 Å². The molecule has 1 unspecified atom stereocenters. The van der Waals surface area contributed by atoms with Crippen molar-refractivity contribution in [1.29, 1.82) is 0 Å². The molecule has 156 valence electrons.